The third-order valence-corrected chi connectivity index (χ3v) is 27.3. The first-order valence-corrected chi connectivity index (χ1v) is 38.0. The predicted molar refractivity (Wildman–Crippen MR) is 640 cm³/mol. The molecule has 111 heteroatoms. The minimum atomic E-state index is -4.00. The summed E-state index contributed by atoms with van der Waals surface area (Å²) < 4.78 is 0. The van der Waals surface area contributed by atoms with Gasteiger partial charge >= 0.3 is 0 Å². The molecule has 113 radical (unpaired) electrons. The summed E-state index contributed by atoms with van der Waals surface area (Å²) >= 11 is 0. The lowest BCUT2D eigenvalue weighted by Crippen LogP contribution is -2.95. The molecule has 0 unspecified atom stereocenters. The molecule has 0 spiro atoms. The van der Waals surface area contributed by atoms with E-state index in [0.717, 1.165) is 7.06 Å². The highest BCUT2D eigenvalue weighted by Gasteiger charge is 2.69. The molecule has 0 aliphatic carbocycles. The van der Waals surface area contributed by atoms with Gasteiger partial charge in [0.05, 0.1) is 18.6 Å². The molecule has 0 saturated heterocycles. The van der Waals surface area contributed by atoms with E-state index in [0.29, 0.717) is 0 Å². The van der Waals surface area contributed by atoms with E-state index in [1.165, 1.54) is 0 Å². The van der Waals surface area contributed by atoms with Gasteiger partial charge in [0, 0.05) is 760 Å². The molecule has 0 aliphatic rings. The zero-order chi connectivity index (χ0) is 87.9. The van der Waals surface area contributed by atoms with E-state index in [-0.39, 0.29) is 0 Å². The van der Waals surface area contributed by atoms with Crippen molar-refractivity contribution in [1.29, 1.82) is 0 Å². The van der Waals surface area contributed by atoms with Gasteiger partial charge < -0.3 is 0 Å². The predicted octanol–water partition coefficient (Wildman–Crippen LogP) is -41.0. The lowest BCUT2D eigenvalue weighted by atomic mass is 8.29. The first-order valence-electron chi connectivity index (χ1n) is 36.4. The monoisotopic (exact) mass is 1240 g/mol. The molecule has 0 saturated carbocycles. The van der Waals surface area contributed by atoms with Crippen LogP contribution in [0.4, 0.5) is 0 Å². The molecule has 0 rings (SSSR count). The second kappa shape index (κ2) is 54.9. The normalized spacial score (nSPS) is 9.92. The Kier molecular flexibility index (Phi) is 58.7. The van der Waals surface area contributed by atoms with Gasteiger partial charge in [-0.25, -0.2) is 0 Å². The molecule has 0 aromatic carbocycles. The maximum absolute atomic E-state index is 7.54. The Morgan fingerprint density at radius 1 is 0.108 bits per heavy atom. The highest BCUT2D eigenvalue weighted by molar-refractivity contribution is 8.65. The summed E-state index contributed by atoms with van der Waals surface area (Å²) in [6, 6.07) is 0. The zero-order valence-corrected chi connectivity index (χ0v) is 64.9. The van der Waals surface area contributed by atoms with E-state index >= 15 is 0 Å². The fraction of sp³-hybridized carbons (Fsp3) is 0. The highest BCUT2D eigenvalue weighted by Crippen LogP contribution is 2.54. The van der Waals surface area contributed by atoms with Crippen molar-refractivity contribution in [2.24, 2.45) is 0 Å². The molecule has 0 nitrogen and oxygen atoms in total. The molecule has 0 fully saturated rings. The summed E-state index contributed by atoms with van der Waals surface area (Å²) in [7, 11) is 403. The van der Waals surface area contributed by atoms with Crippen molar-refractivity contribution < 1.29 is 0 Å². The van der Waals surface area contributed by atoms with Gasteiger partial charge in [-0.2, -0.15) is 0 Å². The Morgan fingerprint density at radius 3 is 0.279 bits per heavy atom. The summed E-state index contributed by atoms with van der Waals surface area (Å²) in [5, 5.41) is 0. The fourth-order valence-corrected chi connectivity index (χ4v) is 25.2. The summed E-state index contributed by atoms with van der Waals surface area (Å²) in [5.41, 5.74) is 0. The largest absolute Gasteiger partial charge is 0.253 e. The Hall–Kier alpha value is 7.57. The van der Waals surface area contributed by atoms with Gasteiger partial charge in [0.1, 0.15) is 0 Å². The van der Waals surface area contributed by atoms with Crippen molar-refractivity contribution in [2.75, 3.05) is 0 Å². The summed E-state index contributed by atoms with van der Waals surface area (Å²) in [6.45, 7) is 0. The minimum Gasteiger partial charge on any atom is -0.253 e. The van der Waals surface area contributed by atoms with Gasteiger partial charge in [-0.3, -0.25) is 7.56 Å². The average molecular weight is 1220 g/mol. The number of hydrogen-bond acceptors (Lipinski definition) is 0. The van der Waals surface area contributed by atoms with Crippen LogP contribution in [-0.2, 0) is 0 Å². The second-order valence-corrected chi connectivity index (χ2v) is 33.7. The molecule has 111 heavy (non-hydrogen) atoms. The van der Waals surface area contributed by atoms with E-state index in [2.05, 4.69) is 0 Å². The molecule has 0 aliphatic heterocycles. The van der Waals surface area contributed by atoms with Crippen molar-refractivity contribution in [3.05, 3.63) is 0 Å². The maximum atomic E-state index is 7.54. The molecule has 0 atom stereocenters. The molecule has 0 heterocycles. The van der Waals surface area contributed by atoms with Gasteiger partial charge in [0.25, 0.3) is 0 Å². The van der Waals surface area contributed by atoms with Gasteiger partial charge in [-0.1, -0.05) is 0 Å². The first kappa shape index (κ1) is 119. The van der Waals surface area contributed by atoms with E-state index in [4.69, 9.17) is 433 Å². The fourth-order valence-electron chi connectivity index (χ4n) is 19.3. The highest BCUT2D eigenvalue weighted by atomic mass is 31.1. The molecule has 0 amide bonds. The molecule has 0 aromatic rings. The molecule has 0 bridgehead atoms. The minimum absolute atomic E-state index is 0.940. The van der Waals surface area contributed by atoms with Gasteiger partial charge in [-0.05, 0) is 0 Å². The van der Waals surface area contributed by atoms with Crippen LogP contribution in [0.2, 0.25) is 0 Å². The third kappa shape index (κ3) is 32.0. The Morgan fingerprint density at radius 2 is 0.189 bits per heavy atom. The van der Waals surface area contributed by atoms with Crippen LogP contribution < -0.4 is 0 Å². The van der Waals surface area contributed by atoms with Crippen LogP contribution in [-0.4, -0.2) is 778 Å². The van der Waals surface area contributed by atoms with Crippen molar-refractivity contribution in [3.63, 3.8) is 0 Å². The van der Waals surface area contributed by atoms with Crippen molar-refractivity contribution in [3.8, 4) is 0 Å². The zero-order valence-electron chi connectivity index (χ0n) is 64.0. The quantitative estimate of drug-likeness (QED) is 0.0421. The second-order valence-electron chi connectivity index (χ2n) is 31.0. The van der Waals surface area contributed by atoms with Crippen LogP contribution in [0.5, 0.6) is 0 Å². The number of hydrogen-bond donors (Lipinski definition) is 0. The van der Waals surface area contributed by atoms with Crippen molar-refractivity contribution in [1.82, 2.24) is 0 Å². The molecular formula is B110P. The van der Waals surface area contributed by atoms with Crippen LogP contribution in [0, 0.1) is 0 Å². The molecule has 0 N–H and O–H groups in total. The molecule has 0 aromatic heterocycles. The first-order chi connectivity index (χ1) is 50.5. The van der Waals surface area contributed by atoms with E-state index in [9.17, 15) is 0 Å². The third-order valence-electron chi connectivity index (χ3n) is 23.2. The lowest BCUT2D eigenvalue weighted by molar-refractivity contribution is 3.18. The lowest BCUT2D eigenvalue weighted by Gasteiger charge is -2.65. The van der Waals surface area contributed by atoms with Crippen LogP contribution in [0.15, 0.2) is 0 Å². The Labute approximate surface area is 777 Å². The van der Waals surface area contributed by atoms with Crippen molar-refractivity contribution in [2.45, 2.75) is 0 Å². The summed E-state index contributed by atoms with van der Waals surface area (Å²) in [4.78, 5) is 0. The summed E-state index contributed by atoms with van der Waals surface area (Å²) in [5.74, 6) is 0. The average Bonchev–Trinajstić information content (AvgIpc) is 0.704. The van der Waals surface area contributed by atoms with E-state index in [1.54, 1.807) is 0 Å². The summed E-state index contributed by atoms with van der Waals surface area (Å²) in [6.07, 6.45) is -105. The topological polar surface area (TPSA) is 0 Å². The Balaban J connectivity index is 15.7. The maximum Gasteiger partial charge on any atom is 0.0527 e. The number of rotatable bonds is 54. The van der Waals surface area contributed by atoms with Crippen LogP contribution in [0.1, 0.15) is 0 Å². The standard InChI is InChI=1S/B110P/c1-57-85(56)99(84(54)55)106(98(82(50)51)83(52)53)110(107(100(86(58(2)3)59(4)5)87(60(6)7)61(8)9)101(88(62(10)11)63(12)13)89(64(14)15)65(16)17)111(108(102(90(66(18)19)67(20)21)91(68(22)23)69(24)25)103(92(70(26)27)71(28)29)93(72(30)31)73(32)33)109(104(94(74(34)35)75(36)37)95(76(38)39)77(40)41)105(96(78(42)43)79(44)45)97(80(46)47)81(48)49. The van der Waals surface area contributed by atoms with Crippen molar-refractivity contribution >= 4 is 786 Å². The SMILES string of the molecule is [B][B]B([B])B(B([B])[B])B(B(B([B])[B])B([B])[B])B(B(B(B(B([B])[B])B([B])[B])B(B([B])[B])B([B])[B])B(B(B([B])[B])B([B])[B])B(B([B])[B])B([B])[B])P(B(B(B(B([B])[B])B([B])[B])B(B([B])[B])B([B])[B])B(B(B([B])[B])B([B])[B])B(B([B])[B])B([B])[B])B(B(B(B([B])[B])B([B])[B])B(B([B])[B])B([B])[B])B(B(B([B])[B])B([B])[B])B(B([B])[B])B([B])[B]. The Bertz CT molecular complexity index is 1900. The molecule has 335 valence electrons. The van der Waals surface area contributed by atoms with Gasteiger partial charge in [0.2, 0.25) is 0 Å². The van der Waals surface area contributed by atoms with Gasteiger partial charge in [-0.15, -0.1) is 0 Å². The van der Waals surface area contributed by atoms with Crippen LogP contribution in [0.25, 0.3) is 0 Å². The molecular weight excluding hydrogens is 1220 g/mol. The smallest absolute Gasteiger partial charge is 0.0527 e. The van der Waals surface area contributed by atoms with Crippen LogP contribution in [0.3, 0.4) is 0 Å². The van der Waals surface area contributed by atoms with E-state index < -0.39 is 345 Å². The van der Waals surface area contributed by atoms with Crippen LogP contribution >= 0.6 is 7.56 Å². The van der Waals surface area contributed by atoms with E-state index in [1.807, 2.05) is 0 Å². The van der Waals surface area contributed by atoms with Gasteiger partial charge in [0.15, 0.2) is 0 Å².